The lowest BCUT2D eigenvalue weighted by Gasteiger charge is -2.12. The van der Waals surface area contributed by atoms with Crippen molar-refractivity contribution in [2.45, 2.75) is 20.3 Å². The van der Waals surface area contributed by atoms with Crippen LogP contribution in [-0.2, 0) is 4.79 Å². The smallest absolute Gasteiger partial charge is 0.266 e. The number of carbonyl (C=O) groups excluding carboxylic acids is 1. The van der Waals surface area contributed by atoms with Crippen LogP contribution in [0.5, 0.6) is 11.5 Å². The number of rotatable bonds is 7. The molecule has 5 nitrogen and oxygen atoms in total. The van der Waals surface area contributed by atoms with E-state index < -0.39 is 5.82 Å². The van der Waals surface area contributed by atoms with Gasteiger partial charge in [0, 0.05) is 7.05 Å². The second kappa shape index (κ2) is 9.60. The first kappa shape index (κ1) is 20.9. The quantitative estimate of drug-likeness (QED) is 0.581. The SMILES string of the molecule is CCCOc1ccc(/C=C2/SC(=Nc3ccccc3F)N(C)C2=O)cc1OCC. The van der Waals surface area contributed by atoms with Crippen molar-refractivity contribution in [1.29, 1.82) is 0 Å². The summed E-state index contributed by atoms with van der Waals surface area (Å²) in [5, 5.41) is 0.430. The molecule has 0 N–H and O–H groups in total. The van der Waals surface area contributed by atoms with E-state index in [2.05, 4.69) is 4.99 Å². The van der Waals surface area contributed by atoms with Gasteiger partial charge in [-0.05, 0) is 61.0 Å². The minimum atomic E-state index is -0.428. The molecule has 1 heterocycles. The molecule has 1 amide bonds. The molecule has 7 heteroatoms. The van der Waals surface area contributed by atoms with E-state index in [1.807, 2.05) is 32.0 Å². The normalized spacial score (nSPS) is 16.7. The summed E-state index contributed by atoms with van der Waals surface area (Å²) in [4.78, 5) is 18.8. The molecule has 0 aromatic heterocycles. The average Bonchev–Trinajstić information content (AvgIpc) is 2.97. The van der Waals surface area contributed by atoms with Gasteiger partial charge in [-0.1, -0.05) is 25.1 Å². The summed E-state index contributed by atoms with van der Waals surface area (Å²) in [5.41, 5.74) is 1.01. The predicted octanol–water partition coefficient (Wildman–Crippen LogP) is 5.25. The molecular formula is C22H23FN2O3S. The summed E-state index contributed by atoms with van der Waals surface area (Å²) in [6.45, 7) is 5.07. The highest BCUT2D eigenvalue weighted by Crippen LogP contribution is 2.35. The van der Waals surface area contributed by atoms with E-state index in [-0.39, 0.29) is 11.6 Å². The fourth-order valence-corrected chi connectivity index (χ4v) is 3.64. The average molecular weight is 415 g/mol. The maximum Gasteiger partial charge on any atom is 0.266 e. The van der Waals surface area contributed by atoms with Gasteiger partial charge in [-0.2, -0.15) is 0 Å². The van der Waals surface area contributed by atoms with Crippen LogP contribution in [0.2, 0.25) is 0 Å². The van der Waals surface area contributed by atoms with Crippen molar-refractivity contribution in [3.05, 3.63) is 58.8 Å². The molecule has 29 heavy (non-hydrogen) atoms. The van der Waals surface area contributed by atoms with Crippen LogP contribution in [0.4, 0.5) is 10.1 Å². The minimum absolute atomic E-state index is 0.186. The van der Waals surface area contributed by atoms with Crippen LogP contribution in [-0.4, -0.2) is 36.2 Å². The van der Waals surface area contributed by atoms with Gasteiger partial charge < -0.3 is 9.47 Å². The molecule has 0 aliphatic carbocycles. The summed E-state index contributed by atoms with van der Waals surface area (Å²) in [5.74, 6) is 0.705. The summed E-state index contributed by atoms with van der Waals surface area (Å²) in [6.07, 6.45) is 2.68. The highest BCUT2D eigenvalue weighted by atomic mass is 32.2. The standard InChI is InChI=1S/C22H23FN2O3S/c1-4-12-28-18-11-10-15(13-19(18)27-5-2)14-20-21(26)25(3)22(29-20)24-17-9-7-6-8-16(17)23/h6-11,13-14H,4-5,12H2,1-3H3/b20-14+,24-22?. The van der Waals surface area contributed by atoms with Gasteiger partial charge in [-0.25, -0.2) is 9.38 Å². The van der Waals surface area contributed by atoms with Crippen molar-refractivity contribution in [3.8, 4) is 11.5 Å². The van der Waals surface area contributed by atoms with Crippen LogP contribution < -0.4 is 9.47 Å². The molecule has 1 fully saturated rings. The molecule has 0 bridgehead atoms. The lowest BCUT2D eigenvalue weighted by atomic mass is 10.2. The van der Waals surface area contributed by atoms with E-state index in [1.165, 1.54) is 22.7 Å². The van der Waals surface area contributed by atoms with Crippen LogP contribution >= 0.6 is 11.8 Å². The van der Waals surface area contributed by atoms with Gasteiger partial charge in [0.2, 0.25) is 0 Å². The van der Waals surface area contributed by atoms with Crippen LogP contribution in [0.1, 0.15) is 25.8 Å². The number of aliphatic imine (C=N–C) groups is 1. The molecule has 0 saturated carbocycles. The Bertz CT molecular complexity index is 959. The summed E-state index contributed by atoms with van der Waals surface area (Å²) in [7, 11) is 1.63. The van der Waals surface area contributed by atoms with E-state index >= 15 is 0 Å². The summed E-state index contributed by atoms with van der Waals surface area (Å²) < 4.78 is 25.3. The molecule has 2 aromatic carbocycles. The zero-order valence-electron chi connectivity index (χ0n) is 16.6. The number of likely N-dealkylation sites (N-methyl/N-ethyl adjacent to an activating group) is 1. The molecule has 0 unspecified atom stereocenters. The highest BCUT2D eigenvalue weighted by Gasteiger charge is 2.30. The highest BCUT2D eigenvalue weighted by molar-refractivity contribution is 8.18. The monoisotopic (exact) mass is 414 g/mol. The lowest BCUT2D eigenvalue weighted by Crippen LogP contribution is -2.23. The van der Waals surface area contributed by atoms with Gasteiger partial charge in [0.15, 0.2) is 16.7 Å². The lowest BCUT2D eigenvalue weighted by molar-refractivity contribution is -0.121. The zero-order chi connectivity index (χ0) is 20.8. The van der Waals surface area contributed by atoms with Crippen LogP contribution in [0, 0.1) is 5.82 Å². The van der Waals surface area contributed by atoms with Crippen molar-refractivity contribution in [2.24, 2.45) is 4.99 Å². The van der Waals surface area contributed by atoms with Gasteiger partial charge in [-0.3, -0.25) is 9.69 Å². The number of hydrogen-bond acceptors (Lipinski definition) is 5. The number of halogens is 1. The van der Waals surface area contributed by atoms with E-state index in [0.717, 1.165) is 12.0 Å². The Hall–Kier alpha value is -2.80. The number of amides is 1. The third kappa shape index (κ3) is 4.98. The van der Waals surface area contributed by atoms with Gasteiger partial charge >= 0.3 is 0 Å². The fraction of sp³-hybridized carbons (Fsp3) is 0.273. The Labute approximate surface area is 174 Å². The third-order valence-electron chi connectivity index (χ3n) is 4.10. The van der Waals surface area contributed by atoms with Crippen LogP contribution in [0.15, 0.2) is 52.4 Å². The number of hydrogen-bond donors (Lipinski definition) is 0. The zero-order valence-corrected chi connectivity index (χ0v) is 17.5. The summed E-state index contributed by atoms with van der Waals surface area (Å²) >= 11 is 1.21. The Morgan fingerprint density at radius 2 is 1.93 bits per heavy atom. The Morgan fingerprint density at radius 1 is 1.14 bits per heavy atom. The Balaban J connectivity index is 1.87. The molecule has 1 saturated heterocycles. The molecule has 3 rings (SSSR count). The minimum Gasteiger partial charge on any atom is -0.490 e. The number of para-hydroxylation sites is 1. The van der Waals surface area contributed by atoms with E-state index in [9.17, 15) is 9.18 Å². The number of nitrogens with zero attached hydrogens (tertiary/aromatic N) is 2. The molecule has 0 spiro atoms. The van der Waals surface area contributed by atoms with Crippen molar-refractivity contribution in [3.63, 3.8) is 0 Å². The van der Waals surface area contributed by atoms with Crippen LogP contribution in [0.25, 0.3) is 6.08 Å². The van der Waals surface area contributed by atoms with E-state index in [0.29, 0.717) is 34.8 Å². The van der Waals surface area contributed by atoms with Gasteiger partial charge in [0.1, 0.15) is 11.5 Å². The largest absolute Gasteiger partial charge is 0.490 e. The maximum atomic E-state index is 13.9. The molecule has 1 aliphatic heterocycles. The first-order valence-electron chi connectivity index (χ1n) is 9.44. The van der Waals surface area contributed by atoms with Crippen molar-refractivity contribution in [2.75, 3.05) is 20.3 Å². The molecule has 152 valence electrons. The topological polar surface area (TPSA) is 51.1 Å². The van der Waals surface area contributed by atoms with Gasteiger partial charge in [0.25, 0.3) is 5.91 Å². The van der Waals surface area contributed by atoms with Crippen molar-refractivity contribution >= 4 is 34.6 Å². The first-order valence-corrected chi connectivity index (χ1v) is 10.3. The molecule has 1 aliphatic rings. The summed E-state index contributed by atoms with van der Waals surface area (Å²) in [6, 6.07) is 11.8. The Kier molecular flexibility index (Phi) is 6.93. The fourth-order valence-electron chi connectivity index (χ4n) is 2.66. The third-order valence-corrected chi connectivity index (χ3v) is 5.16. The maximum absolute atomic E-state index is 13.9. The van der Waals surface area contributed by atoms with Crippen LogP contribution in [0.3, 0.4) is 0 Å². The van der Waals surface area contributed by atoms with E-state index in [1.54, 1.807) is 31.3 Å². The number of ether oxygens (including phenoxy) is 2. The molecule has 0 radical (unpaired) electrons. The van der Waals surface area contributed by atoms with Gasteiger partial charge in [-0.15, -0.1) is 0 Å². The van der Waals surface area contributed by atoms with Crippen molar-refractivity contribution < 1.29 is 18.7 Å². The number of benzene rings is 2. The first-order chi connectivity index (χ1) is 14.0. The second-order valence-electron chi connectivity index (χ2n) is 6.31. The van der Waals surface area contributed by atoms with Crippen molar-refractivity contribution in [1.82, 2.24) is 4.90 Å². The number of thioether (sulfide) groups is 1. The number of amidine groups is 1. The van der Waals surface area contributed by atoms with E-state index in [4.69, 9.17) is 9.47 Å². The molecular weight excluding hydrogens is 391 g/mol. The second-order valence-corrected chi connectivity index (χ2v) is 7.32. The number of carbonyl (C=O) groups is 1. The molecule has 0 atom stereocenters. The Morgan fingerprint density at radius 3 is 2.66 bits per heavy atom. The predicted molar refractivity (Wildman–Crippen MR) is 115 cm³/mol. The molecule has 2 aromatic rings. The van der Waals surface area contributed by atoms with Gasteiger partial charge in [0.05, 0.1) is 18.1 Å².